The summed E-state index contributed by atoms with van der Waals surface area (Å²) in [6.07, 6.45) is 3.56. The lowest BCUT2D eigenvalue weighted by molar-refractivity contribution is 0.991. The lowest BCUT2D eigenvalue weighted by Gasteiger charge is -2.07. The summed E-state index contributed by atoms with van der Waals surface area (Å²) in [5.74, 6) is 0. The zero-order valence-electron chi connectivity index (χ0n) is 10.2. The SMILES string of the molecule is O=c1ccc(-c2ccccn2)cn1-c1ccccc1. The summed E-state index contributed by atoms with van der Waals surface area (Å²) in [7, 11) is 0. The van der Waals surface area contributed by atoms with Gasteiger partial charge in [-0.1, -0.05) is 24.3 Å². The third-order valence-electron chi connectivity index (χ3n) is 2.91. The predicted molar refractivity (Wildman–Crippen MR) is 75.3 cm³/mol. The van der Waals surface area contributed by atoms with Gasteiger partial charge in [-0.15, -0.1) is 0 Å². The topological polar surface area (TPSA) is 34.9 Å². The number of nitrogens with zero attached hydrogens (tertiary/aromatic N) is 2. The van der Waals surface area contributed by atoms with Crippen LogP contribution in [0.5, 0.6) is 0 Å². The van der Waals surface area contributed by atoms with Crippen molar-refractivity contribution in [1.82, 2.24) is 9.55 Å². The van der Waals surface area contributed by atoms with Crippen LogP contribution in [0.25, 0.3) is 16.9 Å². The van der Waals surface area contributed by atoms with Gasteiger partial charge in [0.25, 0.3) is 5.56 Å². The third-order valence-corrected chi connectivity index (χ3v) is 2.91. The first-order valence-corrected chi connectivity index (χ1v) is 6.04. The van der Waals surface area contributed by atoms with E-state index in [-0.39, 0.29) is 5.56 Å². The molecule has 0 atom stereocenters. The Kier molecular flexibility index (Phi) is 2.94. The molecule has 0 bridgehead atoms. The average Bonchev–Trinajstić information content (AvgIpc) is 2.49. The van der Waals surface area contributed by atoms with Gasteiger partial charge in [-0.05, 0) is 30.3 Å². The predicted octanol–water partition coefficient (Wildman–Crippen LogP) is 2.90. The summed E-state index contributed by atoms with van der Waals surface area (Å²) in [5, 5.41) is 0. The van der Waals surface area contributed by atoms with Crippen LogP contribution in [0, 0.1) is 0 Å². The molecule has 0 saturated carbocycles. The molecule has 0 amide bonds. The standard InChI is InChI=1S/C16H12N2O/c19-16-10-9-13(15-8-4-5-11-17-15)12-18(16)14-6-2-1-3-7-14/h1-12H. The number of aromatic nitrogens is 2. The number of hydrogen-bond donors (Lipinski definition) is 0. The van der Waals surface area contributed by atoms with E-state index in [9.17, 15) is 4.79 Å². The molecular formula is C16H12N2O. The molecule has 0 aliphatic heterocycles. The van der Waals surface area contributed by atoms with Crippen LogP contribution >= 0.6 is 0 Å². The maximum Gasteiger partial charge on any atom is 0.255 e. The van der Waals surface area contributed by atoms with Gasteiger partial charge < -0.3 is 0 Å². The third kappa shape index (κ3) is 2.31. The van der Waals surface area contributed by atoms with Gasteiger partial charge in [-0.25, -0.2) is 0 Å². The Bertz CT molecular complexity index is 733. The van der Waals surface area contributed by atoms with Crippen LogP contribution in [0.3, 0.4) is 0 Å². The first kappa shape index (κ1) is 11.4. The van der Waals surface area contributed by atoms with Crippen LogP contribution in [0.1, 0.15) is 0 Å². The Hall–Kier alpha value is -2.68. The molecular weight excluding hydrogens is 236 g/mol. The molecule has 3 rings (SSSR count). The van der Waals surface area contributed by atoms with E-state index in [0.29, 0.717) is 0 Å². The van der Waals surface area contributed by atoms with Crippen molar-refractivity contribution in [2.45, 2.75) is 0 Å². The van der Waals surface area contributed by atoms with E-state index in [1.54, 1.807) is 22.9 Å². The molecule has 0 fully saturated rings. The van der Waals surface area contributed by atoms with Crippen molar-refractivity contribution in [3.63, 3.8) is 0 Å². The second kappa shape index (κ2) is 4.90. The molecule has 2 heterocycles. The summed E-state index contributed by atoms with van der Waals surface area (Å²) in [6, 6.07) is 18.7. The summed E-state index contributed by atoms with van der Waals surface area (Å²) in [5.41, 5.74) is 2.58. The summed E-state index contributed by atoms with van der Waals surface area (Å²) >= 11 is 0. The molecule has 0 unspecified atom stereocenters. The Morgan fingerprint density at radius 1 is 0.842 bits per heavy atom. The zero-order chi connectivity index (χ0) is 13.1. The van der Waals surface area contributed by atoms with Gasteiger partial charge in [0, 0.05) is 29.7 Å². The molecule has 3 heteroatoms. The van der Waals surface area contributed by atoms with Crippen molar-refractivity contribution in [2.24, 2.45) is 0 Å². The van der Waals surface area contributed by atoms with Gasteiger partial charge in [0.2, 0.25) is 0 Å². The van der Waals surface area contributed by atoms with Crippen molar-refractivity contribution in [3.8, 4) is 16.9 Å². The molecule has 1 aromatic carbocycles. The number of benzene rings is 1. The highest BCUT2D eigenvalue weighted by molar-refractivity contribution is 5.58. The molecule has 0 radical (unpaired) electrons. The van der Waals surface area contributed by atoms with Gasteiger partial charge in [0.05, 0.1) is 5.69 Å². The van der Waals surface area contributed by atoms with Crippen molar-refractivity contribution >= 4 is 0 Å². The quantitative estimate of drug-likeness (QED) is 0.699. The average molecular weight is 248 g/mol. The molecule has 0 N–H and O–H groups in total. The monoisotopic (exact) mass is 248 g/mol. The largest absolute Gasteiger partial charge is 0.284 e. The van der Waals surface area contributed by atoms with E-state index < -0.39 is 0 Å². The summed E-state index contributed by atoms with van der Waals surface area (Å²) in [4.78, 5) is 16.2. The minimum Gasteiger partial charge on any atom is -0.284 e. The fourth-order valence-electron chi connectivity index (χ4n) is 1.96. The van der Waals surface area contributed by atoms with Crippen molar-refractivity contribution in [1.29, 1.82) is 0 Å². The molecule has 19 heavy (non-hydrogen) atoms. The number of hydrogen-bond acceptors (Lipinski definition) is 2. The maximum atomic E-state index is 11.9. The molecule has 0 spiro atoms. The first-order valence-electron chi connectivity index (χ1n) is 6.04. The number of para-hydroxylation sites is 1. The molecule has 3 nitrogen and oxygen atoms in total. The molecule has 0 aliphatic rings. The second-order valence-corrected chi connectivity index (χ2v) is 4.18. The van der Waals surface area contributed by atoms with E-state index in [4.69, 9.17) is 0 Å². The Labute approximate surface area is 110 Å². The lowest BCUT2D eigenvalue weighted by Crippen LogP contribution is -2.16. The van der Waals surface area contributed by atoms with Gasteiger partial charge in [0.15, 0.2) is 0 Å². The fourth-order valence-corrected chi connectivity index (χ4v) is 1.96. The van der Waals surface area contributed by atoms with Crippen LogP contribution < -0.4 is 5.56 Å². The van der Waals surface area contributed by atoms with E-state index in [0.717, 1.165) is 16.9 Å². The first-order chi connectivity index (χ1) is 9.34. The van der Waals surface area contributed by atoms with E-state index in [1.807, 2.05) is 54.7 Å². The number of rotatable bonds is 2. The zero-order valence-corrected chi connectivity index (χ0v) is 10.2. The minimum atomic E-state index is -0.0501. The van der Waals surface area contributed by atoms with Crippen LogP contribution in [0.4, 0.5) is 0 Å². The van der Waals surface area contributed by atoms with Crippen molar-refractivity contribution < 1.29 is 0 Å². The molecule has 2 aromatic heterocycles. The van der Waals surface area contributed by atoms with Gasteiger partial charge in [-0.3, -0.25) is 14.3 Å². The van der Waals surface area contributed by atoms with Gasteiger partial charge in [0.1, 0.15) is 0 Å². The van der Waals surface area contributed by atoms with Crippen LogP contribution in [0.15, 0.2) is 77.9 Å². The van der Waals surface area contributed by atoms with E-state index >= 15 is 0 Å². The lowest BCUT2D eigenvalue weighted by atomic mass is 10.2. The van der Waals surface area contributed by atoms with Crippen LogP contribution in [-0.2, 0) is 0 Å². The Balaban J connectivity index is 2.15. The summed E-state index contributed by atoms with van der Waals surface area (Å²) in [6.45, 7) is 0. The van der Waals surface area contributed by atoms with E-state index in [2.05, 4.69) is 4.98 Å². The van der Waals surface area contributed by atoms with Crippen molar-refractivity contribution in [2.75, 3.05) is 0 Å². The highest BCUT2D eigenvalue weighted by atomic mass is 16.1. The minimum absolute atomic E-state index is 0.0501. The molecule has 0 saturated heterocycles. The smallest absolute Gasteiger partial charge is 0.255 e. The highest BCUT2D eigenvalue weighted by Gasteiger charge is 2.03. The molecule has 3 aromatic rings. The fraction of sp³-hybridized carbons (Fsp3) is 0. The highest BCUT2D eigenvalue weighted by Crippen LogP contribution is 2.15. The molecule has 92 valence electrons. The number of pyridine rings is 2. The second-order valence-electron chi connectivity index (χ2n) is 4.18. The summed E-state index contributed by atoms with van der Waals surface area (Å²) < 4.78 is 1.63. The van der Waals surface area contributed by atoms with Crippen LogP contribution in [-0.4, -0.2) is 9.55 Å². The van der Waals surface area contributed by atoms with E-state index in [1.165, 1.54) is 0 Å². The maximum absolute atomic E-state index is 11.9. The van der Waals surface area contributed by atoms with Crippen LogP contribution in [0.2, 0.25) is 0 Å². The van der Waals surface area contributed by atoms with Gasteiger partial charge in [-0.2, -0.15) is 0 Å². The Morgan fingerprint density at radius 3 is 2.37 bits per heavy atom. The molecule has 0 aliphatic carbocycles. The van der Waals surface area contributed by atoms with Gasteiger partial charge >= 0.3 is 0 Å². The Morgan fingerprint density at radius 2 is 1.63 bits per heavy atom. The van der Waals surface area contributed by atoms with Crippen molar-refractivity contribution in [3.05, 3.63) is 83.4 Å². The normalized spacial score (nSPS) is 10.3.